The summed E-state index contributed by atoms with van der Waals surface area (Å²) < 4.78 is 4.81. The molecule has 3 fully saturated rings. The molecule has 1 saturated carbocycles. The first-order valence-corrected chi connectivity index (χ1v) is 23.6. The fraction of sp³-hybridized carbons (Fsp3) is 0.442. The number of methoxy groups -OCH3 is 1. The summed E-state index contributed by atoms with van der Waals surface area (Å²) in [6.07, 6.45) is 20.0. The van der Waals surface area contributed by atoms with Gasteiger partial charge in [-0.15, -0.1) is 0 Å². The van der Waals surface area contributed by atoms with Crippen molar-refractivity contribution in [3.05, 3.63) is 125 Å². The van der Waals surface area contributed by atoms with Crippen molar-refractivity contribution in [2.24, 2.45) is 23.0 Å². The number of carbonyl (C=O) groups excluding carboxylic acids is 3. The van der Waals surface area contributed by atoms with E-state index in [4.69, 9.17) is 20.4 Å². The number of likely N-dealkylation sites (tertiary alicyclic amines) is 2. The number of hydrogen-bond acceptors (Lipinski definition) is 9. The molecule has 5 heterocycles. The van der Waals surface area contributed by atoms with Gasteiger partial charge in [0.1, 0.15) is 17.7 Å². The number of aromatic amines is 1. The highest BCUT2D eigenvalue weighted by Crippen LogP contribution is 2.52. The molecule has 4 aromatic rings. The van der Waals surface area contributed by atoms with E-state index < -0.39 is 18.2 Å². The van der Waals surface area contributed by atoms with E-state index in [1.165, 1.54) is 49.5 Å². The zero-order valence-corrected chi connectivity index (χ0v) is 38.4. The van der Waals surface area contributed by atoms with Gasteiger partial charge in [0, 0.05) is 36.6 Å². The zero-order valence-electron chi connectivity index (χ0n) is 38.4. The molecule has 5 aliphatic rings. The molecule has 13 heteroatoms. The van der Waals surface area contributed by atoms with Gasteiger partial charge in [-0.1, -0.05) is 89.1 Å². The van der Waals surface area contributed by atoms with E-state index in [-0.39, 0.29) is 35.1 Å². The first-order chi connectivity index (χ1) is 31.4. The quantitative estimate of drug-likeness (QED) is 0.0934. The summed E-state index contributed by atoms with van der Waals surface area (Å²) in [5.74, 6) is 1.39. The minimum Gasteiger partial charge on any atom is -0.453 e. The molecule has 13 nitrogen and oxygen atoms in total. The lowest BCUT2D eigenvalue weighted by molar-refractivity contribution is -0.134. The molecule has 0 radical (unpaired) electrons. The molecule has 9 rings (SSSR count). The number of nitrogens with two attached hydrogens (primary N) is 1. The lowest BCUT2D eigenvalue weighted by Crippen LogP contribution is -2.50. The number of H-pyrrole nitrogens is 1. The van der Waals surface area contributed by atoms with Gasteiger partial charge in [0.05, 0.1) is 47.3 Å². The summed E-state index contributed by atoms with van der Waals surface area (Å²) in [7, 11) is 1.30. The van der Waals surface area contributed by atoms with Gasteiger partial charge in [-0.25, -0.2) is 9.78 Å². The van der Waals surface area contributed by atoms with Crippen LogP contribution in [0, 0.1) is 17.3 Å². The van der Waals surface area contributed by atoms with Crippen molar-refractivity contribution in [1.82, 2.24) is 40.7 Å². The van der Waals surface area contributed by atoms with Crippen molar-refractivity contribution >= 4 is 34.5 Å². The van der Waals surface area contributed by atoms with Gasteiger partial charge in [-0.3, -0.25) is 14.6 Å². The van der Waals surface area contributed by atoms with Crippen molar-refractivity contribution < 1.29 is 19.1 Å². The van der Waals surface area contributed by atoms with Crippen molar-refractivity contribution in [2.75, 3.05) is 20.2 Å². The maximum absolute atomic E-state index is 13.7. The van der Waals surface area contributed by atoms with Crippen LogP contribution in [0.4, 0.5) is 4.79 Å². The zero-order chi connectivity index (χ0) is 45.4. The smallest absolute Gasteiger partial charge is 0.407 e. The van der Waals surface area contributed by atoms with E-state index in [2.05, 4.69) is 81.7 Å². The second-order valence-corrected chi connectivity index (χ2v) is 19.3. The summed E-state index contributed by atoms with van der Waals surface area (Å²) >= 11 is 0. The number of alkyl carbamates (subject to hydrolysis) is 1. The van der Waals surface area contributed by atoms with Gasteiger partial charge in [-0.05, 0) is 109 Å². The number of carbonyl (C=O) groups is 3. The number of hydrogen-bond donors (Lipinski definition) is 5. The average Bonchev–Trinajstić information content (AvgIpc) is 4.18. The Bertz CT molecular complexity index is 2600. The summed E-state index contributed by atoms with van der Waals surface area (Å²) in [5.41, 5.74) is 18.3. The Labute approximate surface area is 382 Å². The third-order valence-corrected chi connectivity index (χ3v) is 14.3. The van der Waals surface area contributed by atoms with Crippen molar-refractivity contribution in [3.63, 3.8) is 0 Å². The number of rotatable bonds is 11. The van der Waals surface area contributed by atoms with Gasteiger partial charge in [0.2, 0.25) is 11.8 Å². The highest BCUT2D eigenvalue weighted by Gasteiger charge is 2.43. The molecular formula is C52H63N9O4. The normalized spacial score (nSPS) is 21.4. The topological polar surface area (TPSA) is 171 Å². The fourth-order valence-corrected chi connectivity index (χ4v) is 10.7. The van der Waals surface area contributed by atoms with Crippen molar-refractivity contribution in [1.29, 1.82) is 0 Å². The molecule has 3 amide bonds. The molecule has 0 bridgehead atoms. The first kappa shape index (κ1) is 44.0. The van der Waals surface area contributed by atoms with Gasteiger partial charge in [-0.2, -0.15) is 0 Å². The molecule has 1 spiro atoms. The highest BCUT2D eigenvalue weighted by molar-refractivity contribution is 5.88. The second kappa shape index (κ2) is 18.3. The third kappa shape index (κ3) is 8.70. The minimum atomic E-state index is -0.700. The molecule has 2 aliphatic carbocycles. The molecule has 3 atom stereocenters. The molecule has 65 heavy (non-hydrogen) atoms. The number of imidazole rings is 1. The van der Waals surface area contributed by atoms with Crippen LogP contribution in [0.2, 0.25) is 0 Å². The summed E-state index contributed by atoms with van der Waals surface area (Å²) in [5, 5.41) is 9.59. The van der Waals surface area contributed by atoms with Gasteiger partial charge < -0.3 is 41.2 Å². The van der Waals surface area contributed by atoms with Crippen LogP contribution in [0.15, 0.2) is 96.4 Å². The number of aromatic nitrogens is 3. The minimum absolute atomic E-state index is 0.00415. The molecular weight excluding hydrogens is 815 g/mol. The standard InChI is InChI=1S/C52H63N9O4/c1-31(2)44(53)49(62)60-24-13-19-43(60)48-57-40-21-20-34(26-41(40)58-48)39-30-54-46(38-28-52(27-37(38)39)22-9-10-23-52)36(33-14-7-6-8-15-33)17-11-16-35-29-55-47(56-35)42-18-12-25-61(42)50(63)45(32(3)4)59-51(64)65-5/h6-8,11,14-17,20-21,26,29-32,43-45,55-56H,9-10,12-13,18-19,22-25,27-28,53H2,1-5H3,(H,57,58)(H,59,64)/b16-11+,36-17+,47-42+/t43-,44-,45-/m0/s1. The number of amides is 3. The third-order valence-electron chi connectivity index (χ3n) is 14.3. The lowest BCUT2D eigenvalue weighted by atomic mass is 9.82. The van der Waals surface area contributed by atoms with E-state index in [0.717, 1.165) is 95.0 Å². The summed E-state index contributed by atoms with van der Waals surface area (Å²) in [6.45, 7) is 9.09. The maximum Gasteiger partial charge on any atom is 0.407 e. The van der Waals surface area contributed by atoms with Crippen molar-refractivity contribution in [3.8, 4) is 11.1 Å². The molecule has 340 valence electrons. The average molecular weight is 878 g/mol. The first-order valence-electron chi connectivity index (χ1n) is 23.6. The van der Waals surface area contributed by atoms with E-state index in [0.29, 0.717) is 13.1 Å². The Balaban J connectivity index is 1.01. The van der Waals surface area contributed by atoms with Crippen LogP contribution >= 0.6 is 0 Å². The molecule has 6 N–H and O–H groups in total. The van der Waals surface area contributed by atoms with E-state index in [1.54, 1.807) is 4.90 Å². The van der Waals surface area contributed by atoms with Crippen LogP contribution in [-0.2, 0) is 27.2 Å². The number of fused-ring (bicyclic) bond motifs is 2. The number of ether oxygens (including phenoxy) is 1. The Hall–Kier alpha value is -6.21. The Morgan fingerprint density at radius 3 is 2.49 bits per heavy atom. The summed E-state index contributed by atoms with van der Waals surface area (Å²) in [6, 6.07) is 15.7. The Morgan fingerprint density at radius 2 is 1.74 bits per heavy atom. The summed E-state index contributed by atoms with van der Waals surface area (Å²) in [4.78, 5) is 56.9. The van der Waals surface area contributed by atoms with Crippen molar-refractivity contribution in [2.45, 2.75) is 110 Å². The van der Waals surface area contributed by atoms with Gasteiger partial charge in [0.25, 0.3) is 0 Å². The van der Waals surface area contributed by atoms with Crippen LogP contribution in [-0.4, -0.2) is 74.9 Å². The number of nitrogens with zero attached hydrogens (tertiary/aromatic N) is 4. The fourth-order valence-electron chi connectivity index (χ4n) is 10.7. The SMILES string of the molecule is COC(=O)N[C@H](C(=O)N1CCC/C1=C1/NC=C(/C=C/C=C(\c2ccccc2)c2ncc(-c3ccc4nc([C@@H]5CCCN5C(=O)[C@@H](N)C(C)C)[nH]c4c3)c3c2CC2(CCCC2)C3)N1)C(C)C. The van der Waals surface area contributed by atoms with Crippen LogP contribution in [0.25, 0.3) is 27.7 Å². The van der Waals surface area contributed by atoms with E-state index in [9.17, 15) is 14.4 Å². The van der Waals surface area contributed by atoms with E-state index >= 15 is 0 Å². The Morgan fingerprint density at radius 1 is 0.954 bits per heavy atom. The highest BCUT2D eigenvalue weighted by atomic mass is 16.5. The number of nitrogens with one attached hydrogen (secondary N) is 4. The largest absolute Gasteiger partial charge is 0.453 e. The van der Waals surface area contributed by atoms with Gasteiger partial charge in [0.15, 0.2) is 0 Å². The number of allylic oxidation sites excluding steroid dienone is 4. The number of benzene rings is 2. The molecule has 0 unspecified atom stereocenters. The van der Waals surface area contributed by atoms with Gasteiger partial charge >= 0.3 is 6.09 Å². The Kier molecular flexibility index (Phi) is 12.4. The van der Waals surface area contributed by atoms with Crippen LogP contribution in [0.5, 0.6) is 0 Å². The maximum atomic E-state index is 13.7. The monoisotopic (exact) mass is 878 g/mol. The van der Waals surface area contributed by atoms with Crippen LogP contribution < -0.4 is 21.7 Å². The molecule has 2 saturated heterocycles. The number of pyridine rings is 1. The molecule has 2 aromatic carbocycles. The van der Waals surface area contributed by atoms with Crippen LogP contribution in [0.1, 0.15) is 113 Å². The predicted molar refractivity (Wildman–Crippen MR) is 253 cm³/mol. The van der Waals surface area contributed by atoms with Crippen LogP contribution in [0.3, 0.4) is 0 Å². The lowest BCUT2D eigenvalue weighted by Gasteiger charge is -2.28. The molecule has 3 aliphatic heterocycles. The molecule has 2 aromatic heterocycles. The van der Waals surface area contributed by atoms with E-state index in [1.807, 2.05) is 50.9 Å². The predicted octanol–water partition coefficient (Wildman–Crippen LogP) is 8.12. The second-order valence-electron chi connectivity index (χ2n) is 19.3.